The molecule has 0 saturated carbocycles. The maximum absolute atomic E-state index is 12.1. The predicted octanol–water partition coefficient (Wildman–Crippen LogP) is -0.0345. The Bertz CT molecular complexity index is 676. The van der Waals surface area contributed by atoms with Gasteiger partial charge in [-0.1, -0.05) is 18.2 Å². The zero-order valence-corrected chi connectivity index (χ0v) is 10.7. The Morgan fingerprint density at radius 1 is 1.45 bits per heavy atom. The first-order chi connectivity index (χ1) is 9.72. The maximum atomic E-state index is 12.1. The van der Waals surface area contributed by atoms with E-state index in [-0.39, 0.29) is 24.1 Å². The number of aromatic nitrogens is 3. The number of H-pyrrole nitrogens is 2. The summed E-state index contributed by atoms with van der Waals surface area (Å²) in [7, 11) is 0. The smallest absolute Gasteiger partial charge is 0.340 e. The molecule has 1 aromatic heterocycles. The van der Waals surface area contributed by atoms with Crippen LogP contribution >= 0.6 is 0 Å². The lowest BCUT2D eigenvalue weighted by Gasteiger charge is -2.24. The Morgan fingerprint density at radius 3 is 3.10 bits per heavy atom. The van der Waals surface area contributed by atoms with E-state index in [1.165, 1.54) is 0 Å². The largest absolute Gasteiger partial charge is 0.492 e. The predicted molar refractivity (Wildman–Crippen MR) is 70.2 cm³/mol. The summed E-state index contributed by atoms with van der Waals surface area (Å²) in [6, 6.07) is 7.70. The molecule has 1 aliphatic rings. The van der Waals surface area contributed by atoms with Crippen LogP contribution in [0.5, 0.6) is 5.75 Å². The third kappa shape index (κ3) is 2.56. The highest BCUT2D eigenvalue weighted by atomic mass is 16.5. The van der Waals surface area contributed by atoms with Crippen LogP contribution in [-0.2, 0) is 17.8 Å². The summed E-state index contributed by atoms with van der Waals surface area (Å²) in [6.45, 7) is 0.551. The molecule has 0 saturated heterocycles. The minimum atomic E-state index is -0.385. The number of benzene rings is 1. The molecule has 7 nitrogen and oxygen atoms in total. The fourth-order valence-electron chi connectivity index (χ4n) is 2.20. The van der Waals surface area contributed by atoms with Gasteiger partial charge in [0.25, 0.3) is 0 Å². The van der Waals surface area contributed by atoms with Gasteiger partial charge in [0.2, 0.25) is 5.91 Å². The van der Waals surface area contributed by atoms with Gasteiger partial charge in [-0.05, 0) is 18.1 Å². The fourth-order valence-corrected chi connectivity index (χ4v) is 2.20. The number of carbonyl (C=O) groups excluding carboxylic acids is 1. The number of ether oxygens (including phenoxy) is 1. The van der Waals surface area contributed by atoms with E-state index < -0.39 is 0 Å². The molecule has 1 aliphatic heterocycles. The molecule has 0 bridgehead atoms. The average Bonchev–Trinajstić information content (AvgIpc) is 2.90. The van der Waals surface area contributed by atoms with Crippen LogP contribution in [0.1, 0.15) is 11.4 Å². The van der Waals surface area contributed by atoms with Crippen molar-refractivity contribution in [3.63, 3.8) is 0 Å². The maximum Gasteiger partial charge on any atom is 0.340 e. The van der Waals surface area contributed by atoms with E-state index in [0.29, 0.717) is 18.9 Å². The van der Waals surface area contributed by atoms with E-state index >= 15 is 0 Å². The number of para-hydroxylation sites is 1. The molecule has 2 aromatic rings. The SMILES string of the molecule is O=C(NCc1n[nH]c(=O)[nH]1)C1COc2ccccc2C1. The normalized spacial score (nSPS) is 17.1. The molecule has 1 unspecified atom stereocenters. The van der Waals surface area contributed by atoms with Crippen LogP contribution in [0.25, 0.3) is 0 Å². The quantitative estimate of drug-likeness (QED) is 0.731. The summed E-state index contributed by atoms with van der Waals surface area (Å²) in [6.07, 6.45) is 0.652. The summed E-state index contributed by atoms with van der Waals surface area (Å²) in [5.41, 5.74) is 0.649. The second kappa shape index (κ2) is 5.20. The van der Waals surface area contributed by atoms with Gasteiger partial charge in [0, 0.05) is 0 Å². The number of fused-ring (bicyclic) bond motifs is 1. The van der Waals surface area contributed by atoms with Crippen LogP contribution in [0.2, 0.25) is 0 Å². The summed E-state index contributed by atoms with van der Waals surface area (Å²) in [4.78, 5) is 25.4. The van der Waals surface area contributed by atoms with E-state index in [1.54, 1.807) is 0 Å². The minimum Gasteiger partial charge on any atom is -0.492 e. The molecule has 7 heteroatoms. The van der Waals surface area contributed by atoms with Crippen molar-refractivity contribution in [2.24, 2.45) is 5.92 Å². The molecular weight excluding hydrogens is 260 g/mol. The second-order valence-electron chi connectivity index (χ2n) is 4.66. The zero-order chi connectivity index (χ0) is 13.9. The van der Waals surface area contributed by atoms with E-state index in [4.69, 9.17) is 4.74 Å². The first kappa shape index (κ1) is 12.5. The van der Waals surface area contributed by atoms with Crippen molar-refractivity contribution in [3.8, 4) is 5.75 Å². The van der Waals surface area contributed by atoms with E-state index in [2.05, 4.69) is 20.5 Å². The Labute approximate surface area is 114 Å². The van der Waals surface area contributed by atoms with Crippen molar-refractivity contribution in [3.05, 3.63) is 46.1 Å². The Kier molecular flexibility index (Phi) is 3.24. The highest BCUT2D eigenvalue weighted by Crippen LogP contribution is 2.26. The average molecular weight is 274 g/mol. The molecule has 3 rings (SSSR count). The lowest BCUT2D eigenvalue weighted by molar-refractivity contribution is -0.126. The number of nitrogens with zero attached hydrogens (tertiary/aromatic N) is 1. The van der Waals surface area contributed by atoms with Crippen molar-refractivity contribution >= 4 is 5.91 Å². The molecule has 0 radical (unpaired) electrons. The van der Waals surface area contributed by atoms with Crippen molar-refractivity contribution in [2.45, 2.75) is 13.0 Å². The van der Waals surface area contributed by atoms with E-state index in [9.17, 15) is 9.59 Å². The third-order valence-corrected chi connectivity index (χ3v) is 3.23. The number of hydrogen-bond donors (Lipinski definition) is 3. The lowest BCUT2D eigenvalue weighted by atomic mass is 9.96. The van der Waals surface area contributed by atoms with Crippen molar-refractivity contribution in [1.29, 1.82) is 0 Å². The highest BCUT2D eigenvalue weighted by molar-refractivity contribution is 5.79. The lowest BCUT2D eigenvalue weighted by Crippen LogP contribution is -2.37. The molecule has 0 aliphatic carbocycles. The van der Waals surface area contributed by atoms with Gasteiger partial charge in [-0.25, -0.2) is 9.89 Å². The monoisotopic (exact) mass is 274 g/mol. The van der Waals surface area contributed by atoms with Gasteiger partial charge < -0.3 is 10.1 Å². The van der Waals surface area contributed by atoms with Crippen molar-refractivity contribution in [1.82, 2.24) is 20.5 Å². The molecule has 0 fully saturated rings. The van der Waals surface area contributed by atoms with Gasteiger partial charge in [-0.3, -0.25) is 9.78 Å². The van der Waals surface area contributed by atoms with E-state index in [0.717, 1.165) is 11.3 Å². The van der Waals surface area contributed by atoms with Crippen LogP contribution in [0.3, 0.4) is 0 Å². The van der Waals surface area contributed by atoms with Crippen LogP contribution < -0.4 is 15.7 Å². The fraction of sp³-hybridized carbons (Fsp3) is 0.308. The molecule has 3 N–H and O–H groups in total. The highest BCUT2D eigenvalue weighted by Gasteiger charge is 2.25. The van der Waals surface area contributed by atoms with Gasteiger partial charge in [0.1, 0.15) is 18.2 Å². The Hall–Kier alpha value is -2.57. The molecule has 1 amide bonds. The molecular formula is C13H14N4O3. The summed E-state index contributed by atoms with van der Waals surface area (Å²) < 4.78 is 5.57. The van der Waals surface area contributed by atoms with Gasteiger partial charge in [-0.2, -0.15) is 5.10 Å². The summed E-state index contributed by atoms with van der Waals surface area (Å²) in [5.74, 6) is 0.910. The number of nitrogens with one attached hydrogen (secondary N) is 3. The summed E-state index contributed by atoms with van der Waals surface area (Å²) >= 11 is 0. The second-order valence-corrected chi connectivity index (χ2v) is 4.66. The van der Waals surface area contributed by atoms with Crippen LogP contribution in [0, 0.1) is 5.92 Å². The molecule has 20 heavy (non-hydrogen) atoms. The number of hydrogen-bond acceptors (Lipinski definition) is 4. The molecule has 0 spiro atoms. The molecule has 2 heterocycles. The van der Waals surface area contributed by atoms with Crippen molar-refractivity contribution in [2.75, 3.05) is 6.61 Å². The first-order valence-electron chi connectivity index (χ1n) is 6.34. The van der Waals surface area contributed by atoms with Gasteiger partial charge in [0.15, 0.2) is 0 Å². The van der Waals surface area contributed by atoms with E-state index in [1.807, 2.05) is 24.3 Å². The molecule has 104 valence electrons. The number of amides is 1. The Morgan fingerprint density at radius 2 is 2.30 bits per heavy atom. The van der Waals surface area contributed by atoms with Crippen molar-refractivity contribution < 1.29 is 9.53 Å². The zero-order valence-electron chi connectivity index (χ0n) is 10.7. The van der Waals surface area contributed by atoms with Crippen LogP contribution in [0.15, 0.2) is 29.1 Å². The standard InChI is InChI=1S/C13H14N4O3/c18-12(14-6-11-15-13(19)17-16-11)9-5-8-3-1-2-4-10(8)20-7-9/h1-4,9H,5-7H2,(H,14,18)(H2,15,16,17,19). The van der Waals surface area contributed by atoms with Crippen LogP contribution in [-0.4, -0.2) is 27.7 Å². The van der Waals surface area contributed by atoms with Crippen LogP contribution in [0.4, 0.5) is 0 Å². The topological polar surface area (TPSA) is 99.9 Å². The first-order valence-corrected chi connectivity index (χ1v) is 6.34. The van der Waals surface area contributed by atoms with Gasteiger partial charge in [0.05, 0.1) is 12.5 Å². The van der Waals surface area contributed by atoms with Gasteiger partial charge in [-0.15, -0.1) is 0 Å². The number of aromatic amines is 2. The Balaban J connectivity index is 1.60. The number of carbonyl (C=O) groups is 1. The molecule has 1 aromatic carbocycles. The minimum absolute atomic E-state index is 0.108. The third-order valence-electron chi connectivity index (χ3n) is 3.23. The number of rotatable bonds is 3. The van der Waals surface area contributed by atoms with Gasteiger partial charge >= 0.3 is 5.69 Å². The summed E-state index contributed by atoms with van der Waals surface area (Å²) in [5, 5.41) is 8.72. The molecule has 1 atom stereocenters.